The van der Waals surface area contributed by atoms with Crippen molar-refractivity contribution in [3.05, 3.63) is 28.7 Å². The lowest BCUT2D eigenvalue weighted by atomic mass is 9.89. The van der Waals surface area contributed by atoms with Crippen molar-refractivity contribution in [3.8, 4) is 0 Å². The highest BCUT2D eigenvalue weighted by Crippen LogP contribution is 2.32. The van der Waals surface area contributed by atoms with Crippen LogP contribution < -0.4 is 5.32 Å². The third kappa shape index (κ3) is 3.75. The van der Waals surface area contributed by atoms with E-state index in [0.29, 0.717) is 6.61 Å². The second-order valence-corrected chi connectivity index (χ2v) is 6.27. The van der Waals surface area contributed by atoms with Gasteiger partial charge in [0.2, 0.25) is 0 Å². The Kier molecular flexibility index (Phi) is 5.46. The maximum atomic E-state index is 12.5. The first-order valence-corrected chi connectivity index (χ1v) is 8.16. The topological polar surface area (TPSA) is 38.3 Å². The Labute approximate surface area is 129 Å². The Hall–Kier alpha value is -1.03. The molecule has 4 heteroatoms. The SMILES string of the molecule is CCOC(=O)C1(Nc2cccc(Br)c2)CCCCCC1. The molecule has 0 atom stereocenters. The molecule has 2 rings (SSSR count). The third-order valence-electron chi connectivity index (χ3n) is 3.83. The van der Waals surface area contributed by atoms with E-state index in [1.165, 1.54) is 12.8 Å². The van der Waals surface area contributed by atoms with Crippen LogP contribution in [0.25, 0.3) is 0 Å². The second-order valence-electron chi connectivity index (χ2n) is 5.35. The molecule has 110 valence electrons. The molecule has 1 aromatic rings. The summed E-state index contributed by atoms with van der Waals surface area (Å²) in [6, 6.07) is 7.96. The van der Waals surface area contributed by atoms with Crippen molar-refractivity contribution >= 4 is 27.6 Å². The van der Waals surface area contributed by atoms with E-state index >= 15 is 0 Å². The van der Waals surface area contributed by atoms with E-state index in [1.54, 1.807) is 0 Å². The lowest BCUT2D eigenvalue weighted by Gasteiger charge is -2.32. The minimum absolute atomic E-state index is 0.109. The highest BCUT2D eigenvalue weighted by Gasteiger charge is 2.39. The van der Waals surface area contributed by atoms with Gasteiger partial charge < -0.3 is 10.1 Å². The molecule has 0 spiro atoms. The molecule has 1 N–H and O–H groups in total. The van der Waals surface area contributed by atoms with Gasteiger partial charge in [0.05, 0.1) is 6.61 Å². The molecule has 0 saturated heterocycles. The molecule has 0 aliphatic heterocycles. The molecular formula is C16H22BrNO2. The van der Waals surface area contributed by atoms with Crippen LogP contribution in [0, 0.1) is 0 Å². The van der Waals surface area contributed by atoms with Crippen LogP contribution >= 0.6 is 15.9 Å². The number of hydrogen-bond donors (Lipinski definition) is 1. The molecule has 0 heterocycles. The van der Waals surface area contributed by atoms with E-state index in [9.17, 15) is 4.79 Å². The molecule has 1 saturated carbocycles. The molecule has 1 aromatic carbocycles. The first-order valence-electron chi connectivity index (χ1n) is 7.37. The third-order valence-corrected chi connectivity index (χ3v) is 4.32. The van der Waals surface area contributed by atoms with E-state index in [4.69, 9.17) is 4.74 Å². The van der Waals surface area contributed by atoms with Gasteiger partial charge in [0, 0.05) is 10.2 Å². The Morgan fingerprint density at radius 3 is 2.60 bits per heavy atom. The van der Waals surface area contributed by atoms with Gasteiger partial charge in [-0.3, -0.25) is 0 Å². The van der Waals surface area contributed by atoms with Crippen molar-refractivity contribution in [1.29, 1.82) is 0 Å². The first-order chi connectivity index (χ1) is 9.66. The lowest BCUT2D eigenvalue weighted by molar-refractivity contribution is -0.149. The van der Waals surface area contributed by atoms with Gasteiger partial charge in [0.25, 0.3) is 0 Å². The van der Waals surface area contributed by atoms with Crippen LogP contribution in [0.4, 0.5) is 5.69 Å². The summed E-state index contributed by atoms with van der Waals surface area (Å²) in [5.74, 6) is -0.109. The summed E-state index contributed by atoms with van der Waals surface area (Å²) >= 11 is 3.47. The summed E-state index contributed by atoms with van der Waals surface area (Å²) in [5.41, 5.74) is 0.405. The number of carbonyl (C=O) groups is 1. The van der Waals surface area contributed by atoms with Crippen molar-refractivity contribution in [2.24, 2.45) is 0 Å². The van der Waals surface area contributed by atoms with Crippen LogP contribution in [0.1, 0.15) is 45.4 Å². The van der Waals surface area contributed by atoms with E-state index < -0.39 is 5.54 Å². The number of ether oxygens (including phenoxy) is 1. The number of carbonyl (C=O) groups excluding carboxylic acids is 1. The quantitative estimate of drug-likeness (QED) is 0.647. The van der Waals surface area contributed by atoms with Crippen LogP contribution in [0.15, 0.2) is 28.7 Å². The number of benzene rings is 1. The Balaban J connectivity index is 2.23. The molecule has 0 unspecified atom stereocenters. The average Bonchev–Trinajstić information content (AvgIpc) is 2.66. The Morgan fingerprint density at radius 2 is 2.00 bits per heavy atom. The maximum absolute atomic E-state index is 12.5. The van der Waals surface area contributed by atoms with Crippen LogP contribution in [-0.2, 0) is 9.53 Å². The molecule has 20 heavy (non-hydrogen) atoms. The molecule has 0 bridgehead atoms. The van der Waals surface area contributed by atoms with Gasteiger partial charge in [-0.2, -0.15) is 0 Å². The predicted octanol–water partition coefficient (Wildman–Crippen LogP) is 4.52. The maximum Gasteiger partial charge on any atom is 0.331 e. The van der Waals surface area contributed by atoms with E-state index in [-0.39, 0.29) is 5.97 Å². The Bertz CT molecular complexity index is 454. The van der Waals surface area contributed by atoms with Gasteiger partial charge in [0.15, 0.2) is 0 Å². The average molecular weight is 340 g/mol. The molecular weight excluding hydrogens is 318 g/mol. The Morgan fingerprint density at radius 1 is 1.30 bits per heavy atom. The number of esters is 1. The molecule has 1 fully saturated rings. The van der Waals surface area contributed by atoms with Crippen molar-refractivity contribution in [2.45, 2.75) is 51.0 Å². The molecule has 0 amide bonds. The van der Waals surface area contributed by atoms with Crippen molar-refractivity contribution in [2.75, 3.05) is 11.9 Å². The predicted molar refractivity (Wildman–Crippen MR) is 84.8 cm³/mol. The molecule has 1 aliphatic rings. The number of nitrogens with one attached hydrogen (secondary N) is 1. The van der Waals surface area contributed by atoms with Crippen LogP contribution in [0.2, 0.25) is 0 Å². The van der Waals surface area contributed by atoms with Crippen molar-refractivity contribution < 1.29 is 9.53 Å². The number of anilines is 1. The zero-order valence-electron chi connectivity index (χ0n) is 12.0. The number of rotatable bonds is 4. The second kappa shape index (κ2) is 7.11. The molecule has 3 nitrogen and oxygen atoms in total. The van der Waals surface area contributed by atoms with Gasteiger partial charge in [-0.1, -0.05) is 47.7 Å². The zero-order valence-corrected chi connectivity index (χ0v) is 13.5. The summed E-state index contributed by atoms with van der Waals surface area (Å²) in [6.45, 7) is 2.29. The molecule has 0 aromatic heterocycles. The van der Waals surface area contributed by atoms with Gasteiger partial charge >= 0.3 is 5.97 Å². The first kappa shape index (κ1) is 15.4. The fourth-order valence-electron chi connectivity index (χ4n) is 2.82. The van der Waals surface area contributed by atoms with E-state index in [0.717, 1.165) is 35.8 Å². The summed E-state index contributed by atoms with van der Waals surface area (Å²) in [7, 11) is 0. The standard InChI is InChI=1S/C16H22BrNO2/c1-2-20-15(19)16(10-5-3-4-6-11-16)18-14-9-7-8-13(17)12-14/h7-9,12,18H,2-6,10-11H2,1H3. The lowest BCUT2D eigenvalue weighted by Crippen LogP contribution is -2.47. The smallest absolute Gasteiger partial charge is 0.331 e. The van der Waals surface area contributed by atoms with E-state index in [2.05, 4.69) is 21.2 Å². The van der Waals surface area contributed by atoms with Crippen molar-refractivity contribution in [3.63, 3.8) is 0 Å². The summed E-state index contributed by atoms with van der Waals surface area (Å²) in [5, 5.41) is 3.46. The fraction of sp³-hybridized carbons (Fsp3) is 0.562. The molecule has 0 radical (unpaired) electrons. The van der Waals surface area contributed by atoms with E-state index in [1.807, 2.05) is 31.2 Å². The van der Waals surface area contributed by atoms with Gasteiger partial charge in [-0.15, -0.1) is 0 Å². The van der Waals surface area contributed by atoms with Gasteiger partial charge in [-0.25, -0.2) is 4.79 Å². The fourth-order valence-corrected chi connectivity index (χ4v) is 3.22. The highest BCUT2D eigenvalue weighted by molar-refractivity contribution is 9.10. The van der Waals surface area contributed by atoms with Crippen molar-refractivity contribution in [1.82, 2.24) is 0 Å². The number of halogens is 1. The minimum atomic E-state index is -0.562. The monoisotopic (exact) mass is 339 g/mol. The largest absolute Gasteiger partial charge is 0.464 e. The summed E-state index contributed by atoms with van der Waals surface area (Å²) in [6.07, 6.45) is 6.22. The van der Waals surface area contributed by atoms with Gasteiger partial charge in [0.1, 0.15) is 5.54 Å². The minimum Gasteiger partial charge on any atom is -0.464 e. The normalized spacial score (nSPS) is 18.1. The van der Waals surface area contributed by atoms with Gasteiger partial charge in [-0.05, 0) is 38.0 Å². The zero-order chi connectivity index (χ0) is 14.4. The van der Waals surface area contributed by atoms with Crippen LogP contribution in [0.3, 0.4) is 0 Å². The summed E-state index contributed by atoms with van der Waals surface area (Å²) < 4.78 is 6.34. The number of hydrogen-bond acceptors (Lipinski definition) is 3. The van der Waals surface area contributed by atoms with Crippen LogP contribution in [-0.4, -0.2) is 18.1 Å². The highest BCUT2D eigenvalue weighted by atomic mass is 79.9. The molecule has 1 aliphatic carbocycles. The van der Waals surface area contributed by atoms with Crippen LogP contribution in [0.5, 0.6) is 0 Å². The summed E-state index contributed by atoms with van der Waals surface area (Å²) in [4.78, 5) is 12.5.